The Bertz CT molecular complexity index is 1450. The number of phenolic OH excluding ortho intramolecular Hbond substituents is 2. The molecule has 0 amide bonds. The smallest absolute Gasteiger partial charge is 0.417 e. The molecule has 0 spiro atoms. The quantitative estimate of drug-likeness (QED) is 0.299. The minimum Gasteiger partial charge on any atom is -0.507 e. The van der Waals surface area contributed by atoms with Crippen LogP contribution in [0.3, 0.4) is 0 Å². The third-order valence-electron chi connectivity index (χ3n) is 4.93. The highest BCUT2D eigenvalue weighted by Gasteiger charge is 2.34. The van der Waals surface area contributed by atoms with Crippen LogP contribution in [-0.4, -0.2) is 19.8 Å². The number of benzene rings is 3. The number of fused-ring (bicyclic) bond motifs is 1. The number of hydrogen-bond acceptors (Lipinski definition) is 3. The summed E-state index contributed by atoms with van der Waals surface area (Å²) in [5.74, 6) is -1.23. The minimum atomic E-state index is -4.79. The fourth-order valence-corrected chi connectivity index (χ4v) is 3.64. The number of aromatic nitrogens is 2. The van der Waals surface area contributed by atoms with Crippen LogP contribution in [0.25, 0.3) is 27.8 Å². The van der Waals surface area contributed by atoms with Gasteiger partial charge in [-0.05, 0) is 42.0 Å². The highest BCUT2D eigenvalue weighted by Crippen LogP contribution is 2.41. The lowest BCUT2D eigenvalue weighted by molar-refractivity contribution is -0.138. The number of aromatic hydroxyl groups is 2. The van der Waals surface area contributed by atoms with E-state index in [1.54, 1.807) is 0 Å². The monoisotopic (exact) mass is 488 g/mol. The highest BCUT2D eigenvalue weighted by molar-refractivity contribution is 6.31. The second-order valence-corrected chi connectivity index (χ2v) is 7.45. The fourth-order valence-electron chi connectivity index (χ4n) is 3.41. The van der Waals surface area contributed by atoms with E-state index < -0.39 is 45.7 Å². The highest BCUT2D eigenvalue weighted by atomic mass is 35.5. The topological polar surface area (TPSA) is 78.2 Å². The van der Waals surface area contributed by atoms with Gasteiger partial charge in [0.1, 0.15) is 11.5 Å². The number of aromatic amines is 1. The number of hydrogen-bond donors (Lipinski definition) is 3. The van der Waals surface area contributed by atoms with E-state index in [2.05, 4.69) is 4.98 Å². The van der Waals surface area contributed by atoms with Crippen LogP contribution in [0.2, 0.25) is 5.02 Å². The second kappa shape index (κ2) is 7.48. The lowest BCUT2D eigenvalue weighted by Gasteiger charge is -2.14. The average Bonchev–Trinajstić information content (AvgIpc) is 3.02. The van der Waals surface area contributed by atoms with Crippen LogP contribution in [0.1, 0.15) is 11.1 Å². The van der Waals surface area contributed by atoms with Crippen molar-refractivity contribution in [2.75, 3.05) is 0 Å². The van der Waals surface area contributed by atoms with E-state index >= 15 is 0 Å². The van der Waals surface area contributed by atoms with Crippen molar-refractivity contribution in [2.24, 2.45) is 0 Å². The minimum absolute atomic E-state index is 0.0352. The second-order valence-electron chi connectivity index (χ2n) is 7.05. The van der Waals surface area contributed by atoms with Crippen molar-refractivity contribution in [3.63, 3.8) is 0 Å². The van der Waals surface area contributed by atoms with Gasteiger partial charge in [-0.2, -0.15) is 26.3 Å². The molecule has 4 aromatic rings. The number of alkyl halides is 6. The fraction of sp³-hybridized carbons (Fsp3) is 0.0952. The normalized spacial score (nSPS) is 12.5. The largest absolute Gasteiger partial charge is 0.507 e. The van der Waals surface area contributed by atoms with E-state index in [4.69, 9.17) is 11.6 Å². The van der Waals surface area contributed by atoms with Crippen molar-refractivity contribution in [1.82, 2.24) is 9.55 Å². The van der Waals surface area contributed by atoms with Crippen molar-refractivity contribution in [3.8, 4) is 28.3 Å². The molecule has 0 fully saturated rings. The van der Waals surface area contributed by atoms with E-state index in [1.165, 1.54) is 6.07 Å². The molecule has 3 N–H and O–H groups in total. The summed E-state index contributed by atoms with van der Waals surface area (Å²) in [4.78, 5) is 14.7. The van der Waals surface area contributed by atoms with Gasteiger partial charge in [-0.3, -0.25) is 4.57 Å². The summed E-state index contributed by atoms with van der Waals surface area (Å²) in [6.45, 7) is 0. The molecule has 3 aromatic carbocycles. The predicted octanol–water partition coefficient (Wildman–Crippen LogP) is 6.09. The van der Waals surface area contributed by atoms with Gasteiger partial charge in [-0.1, -0.05) is 17.7 Å². The first kappa shape index (κ1) is 22.6. The lowest BCUT2D eigenvalue weighted by Crippen LogP contribution is -2.14. The van der Waals surface area contributed by atoms with Crippen LogP contribution in [0.5, 0.6) is 11.5 Å². The zero-order valence-corrected chi connectivity index (χ0v) is 16.8. The van der Waals surface area contributed by atoms with Crippen molar-refractivity contribution in [1.29, 1.82) is 0 Å². The first-order chi connectivity index (χ1) is 15.3. The molecule has 0 aliphatic heterocycles. The number of halogens is 7. The Hall–Kier alpha value is -3.60. The molecule has 1 aromatic heterocycles. The van der Waals surface area contributed by atoms with Crippen LogP contribution in [0.4, 0.5) is 26.3 Å². The lowest BCUT2D eigenvalue weighted by atomic mass is 10.0. The molecule has 0 aliphatic rings. The maximum absolute atomic E-state index is 13.2. The molecule has 33 heavy (non-hydrogen) atoms. The summed E-state index contributed by atoms with van der Waals surface area (Å²) in [6, 6.07) is 7.16. The molecular weight excluding hydrogens is 478 g/mol. The summed E-state index contributed by atoms with van der Waals surface area (Å²) < 4.78 is 79.5. The summed E-state index contributed by atoms with van der Waals surface area (Å²) >= 11 is 5.62. The third kappa shape index (κ3) is 3.99. The molecule has 172 valence electrons. The number of imidazole rings is 1. The van der Waals surface area contributed by atoms with E-state index in [0.717, 1.165) is 34.9 Å². The van der Waals surface area contributed by atoms with E-state index in [-0.39, 0.29) is 27.8 Å². The van der Waals surface area contributed by atoms with Gasteiger partial charge in [0.15, 0.2) is 0 Å². The molecular formula is C21H11ClF6N2O3. The Morgan fingerprint density at radius 1 is 0.848 bits per heavy atom. The Balaban J connectivity index is 1.93. The Labute approximate surface area is 185 Å². The van der Waals surface area contributed by atoms with Crippen LogP contribution in [-0.2, 0) is 12.4 Å². The van der Waals surface area contributed by atoms with Gasteiger partial charge in [0, 0.05) is 11.6 Å². The van der Waals surface area contributed by atoms with Crippen LogP contribution in [0.15, 0.2) is 53.3 Å². The van der Waals surface area contributed by atoms with E-state index in [1.807, 2.05) is 0 Å². The maximum atomic E-state index is 13.2. The van der Waals surface area contributed by atoms with Crippen molar-refractivity contribution >= 4 is 22.6 Å². The molecule has 0 unspecified atom stereocenters. The molecule has 0 radical (unpaired) electrons. The van der Waals surface area contributed by atoms with Gasteiger partial charge < -0.3 is 15.2 Å². The van der Waals surface area contributed by atoms with Gasteiger partial charge in [0.05, 0.1) is 32.9 Å². The molecule has 0 saturated heterocycles. The van der Waals surface area contributed by atoms with Crippen LogP contribution in [0, 0.1) is 0 Å². The zero-order chi connectivity index (χ0) is 24.3. The van der Waals surface area contributed by atoms with E-state index in [0.29, 0.717) is 12.1 Å². The van der Waals surface area contributed by atoms with Crippen molar-refractivity contribution in [2.45, 2.75) is 12.4 Å². The number of nitrogens with one attached hydrogen (secondary N) is 1. The van der Waals surface area contributed by atoms with Crippen molar-refractivity contribution in [3.05, 3.63) is 75.2 Å². The number of H-pyrrole nitrogens is 1. The first-order valence-electron chi connectivity index (χ1n) is 9.03. The Morgan fingerprint density at radius 2 is 1.55 bits per heavy atom. The summed E-state index contributed by atoms with van der Waals surface area (Å²) in [5, 5.41) is 20.0. The molecule has 5 nitrogen and oxygen atoms in total. The molecule has 0 bridgehead atoms. The number of phenols is 2. The maximum Gasteiger partial charge on any atom is 0.417 e. The van der Waals surface area contributed by atoms with Gasteiger partial charge in [0.25, 0.3) is 0 Å². The summed E-state index contributed by atoms with van der Waals surface area (Å²) in [5.41, 5.74) is -3.90. The number of nitrogens with zero attached hydrogens (tertiary/aromatic N) is 1. The Kier molecular flexibility index (Phi) is 5.12. The zero-order valence-electron chi connectivity index (χ0n) is 16.0. The molecule has 0 saturated carbocycles. The average molecular weight is 489 g/mol. The summed E-state index contributed by atoms with van der Waals surface area (Å²) in [7, 11) is 0. The molecule has 0 aliphatic carbocycles. The van der Waals surface area contributed by atoms with E-state index in [9.17, 15) is 41.4 Å². The van der Waals surface area contributed by atoms with Gasteiger partial charge in [0.2, 0.25) is 0 Å². The van der Waals surface area contributed by atoms with Gasteiger partial charge in [-0.15, -0.1) is 0 Å². The molecule has 12 heteroatoms. The van der Waals surface area contributed by atoms with Gasteiger partial charge >= 0.3 is 18.0 Å². The Morgan fingerprint density at radius 3 is 2.18 bits per heavy atom. The molecule has 0 atom stereocenters. The van der Waals surface area contributed by atoms with Crippen LogP contribution >= 0.6 is 11.6 Å². The number of rotatable bonds is 2. The molecule has 4 rings (SSSR count). The summed E-state index contributed by atoms with van der Waals surface area (Å²) in [6.07, 6.45) is -9.45. The molecule has 1 heterocycles. The van der Waals surface area contributed by atoms with Crippen LogP contribution < -0.4 is 5.69 Å². The standard InChI is InChI=1S/C21H11ClF6N2O3/c22-13-3-1-9(5-12(13)21(26,27)28)11-7-16(18(32)8-17(11)31)30-15-4-2-10(20(23,24)25)6-14(15)29-19(30)33/h1-8,31-32H,(H,29,33). The predicted molar refractivity (Wildman–Crippen MR) is 108 cm³/mol. The SMILES string of the molecule is O=c1[nH]c2cc(C(F)(F)F)ccc2n1-c1cc(-c2ccc(Cl)c(C(F)(F)F)c2)c(O)cc1O. The van der Waals surface area contributed by atoms with Crippen molar-refractivity contribution < 1.29 is 36.6 Å². The first-order valence-corrected chi connectivity index (χ1v) is 9.40. The van der Waals surface area contributed by atoms with Gasteiger partial charge in [-0.25, -0.2) is 4.79 Å². The third-order valence-corrected chi connectivity index (χ3v) is 5.26.